The Hall–Kier alpha value is -0.910. The molecule has 16 heavy (non-hydrogen) atoms. The maximum atomic E-state index is 9.62. The van der Waals surface area contributed by atoms with E-state index in [0.717, 1.165) is 20.6 Å². The minimum atomic E-state index is -0.503. The minimum Gasteiger partial charge on any atom is -0.389 e. The molecular weight excluding hydrogens is 240 g/mol. The Labute approximate surface area is 103 Å². The van der Waals surface area contributed by atoms with E-state index < -0.39 is 6.10 Å². The van der Waals surface area contributed by atoms with Gasteiger partial charge >= 0.3 is 0 Å². The number of aliphatic hydroxyl groups excluding tert-OH is 1. The normalized spacial score (nSPS) is 12.7. The van der Waals surface area contributed by atoms with E-state index in [1.54, 1.807) is 24.5 Å². The molecule has 0 aromatic carbocycles. The van der Waals surface area contributed by atoms with Crippen LogP contribution in [0.4, 0.5) is 0 Å². The summed E-state index contributed by atoms with van der Waals surface area (Å²) in [7, 11) is 0. The van der Waals surface area contributed by atoms with Crippen LogP contribution >= 0.6 is 23.1 Å². The number of hydrogen-bond donors (Lipinski definition) is 1. The summed E-state index contributed by atoms with van der Waals surface area (Å²) in [5.41, 5.74) is 1.86. The Morgan fingerprint density at radius 3 is 2.94 bits per heavy atom. The first kappa shape index (κ1) is 11.6. The van der Waals surface area contributed by atoms with Crippen molar-refractivity contribution in [2.24, 2.45) is 0 Å². The largest absolute Gasteiger partial charge is 0.389 e. The van der Waals surface area contributed by atoms with Crippen LogP contribution in [-0.2, 0) is 0 Å². The van der Waals surface area contributed by atoms with Gasteiger partial charge in [-0.05, 0) is 31.7 Å². The molecule has 0 spiro atoms. The van der Waals surface area contributed by atoms with Gasteiger partial charge in [0.2, 0.25) is 0 Å². The van der Waals surface area contributed by atoms with Crippen LogP contribution in [0.3, 0.4) is 0 Å². The number of hydrogen-bond acceptors (Lipinski definition) is 5. The van der Waals surface area contributed by atoms with Gasteiger partial charge in [0.25, 0.3) is 0 Å². The summed E-state index contributed by atoms with van der Waals surface area (Å²) >= 11 is 3.09. The van der Waals surface area contributed by atoms with E-state index in [4.69, 9.17) is 0 Å². The van der Waals surface area contributed by atoms with Crippen LogP contribution in [0.25, 0.3) is 0 Å². The van der Waals surface area contributed by atoms with Crippen LogP contribution in [0.5, 0.6) is 0 Å². The zero-order valence-corrected chi connectivity index (χ0v) is 10.7. The molecule has 1 N–H and O–H groups in total. The van der Waals surface area contributed by atoms with Crippen molar-refractivity contribution in [2.75, 3.05) is 0 Å². The summed E-state index contributed by atoms with van der Waals surface area (Å²) in [6.07, 6.45) is 1.23. The van der Waals surface area contributed by atoms with Gasteiger partial charge in [-0.25, -0.2) is 9.97 Å². The first-order valence-electron chi connectivity index (χ1n) is 4.90. The SMILES string of the molecule is Cc1csc(Sc2ncccc2[C@H](C)O)n1. The molecule has 3 nitrogen and oxygen atoms in total. The predicted molar refractivity (Wildman–Crippen MR) is 65.8 cm³/mol. The predicted octanol–water partition coefficient (Wildman–Crippen LogP) is 3.05. The zero-order chi connectivity index (χ0) is 11.5. The zero-order valence-electron chi connectivity index (χ0n) is 9.04. The number of aryl methyl sites for hydroxylation is 1. The maximum Gasteiger partial charge on any atom is 0.156 e. The Bertz CT molecular complexity index is 482. The monoisotopic (exact) mass is 252 g/mol. The molecule has 2 rings (SSSR count). The van der Waals surface area contributed by atoms with Crippen molar-refractivity contribution in [3.63, 3.8) is 0 Å². The molecule has 0 aliphatic rings. The van der Waals surface area contributed by atoms with Crippen LogP contribution in [0.15, 0.2) is 33.1 Å². The smallest absolute Gasteiger partial charge is 0.156 e. The van der Waals surface area contributed by atoms with Gasteiger partial charge in [0.05, 0.1) is 6.10 Å². The highest BCUT2D eigenvalue weighted by molar-refractivity contribution is 8.01. The van der Waals surface area contributed by atoms with E-state index in [-0.39, 0.29) is 0 Å². The van der Waals surface area contributed by atoms with Crippen molar-refractivity contribution in [2.45, 2.75) is 29.3 Å². The molecule has 0 unspecified atom stereocenters. The average molecular weight is 252 g/mol. The van der Waals surface area contributed by atoms with Gasteiger partial charge in [-0.3, -0.25) is 0 Å². The second kappa shape index (κ2) is 4.95. The highest BCUT2D eigenvalue weighted by Crippen LogP contribution is 2.33. The van der Waals surface area contributed by atoms with Crippen molar-refractivity contribution in [1.29, 1.82) is 0 Å². The highest BCUT2D eigenvalue weighted by Gasteiger charge is 2.11. The fourth-order valence-electron chi connectivity index (χ4n) is 1.27. The van der Waals surface area contributed by atoms with Crippen LogP contribution in [-0.4, -0.2) is 15.1 Å². The molecule has 5 heteroatoms. The summed E-state index contributed by atoms with van der Waals surface area (Å²) in [6, 6.07) is 3.72. The lowest BCUT2D eigenvalue weighted by Crippen LogP contribution is -1.95. The first-order valence-corrected chi connectivity index (χ1v) is 6.59. The standard InChI is InChI=1S/C11H12N2OS2/c1-7-6-15-11(13-7)16-10-9(8(2)14)4-3-5-12-10/h3-6,8,14H,1-2H3/t8-/m0/s1. The Kier molecular flexibility index (Phi) is 3.58. The van der Waals surface area contributed by atoms with Gasteiger partial charge in [-0.15, -0.1) is 11.3 Å². The van der Waals surface area contributed by atoms with Crippen molar-refractivity contribution in [1.82, 2.24) is 9.97 Å². The molecule has 0 bridgehead atoms. The molecule has 0 saturated heterocycles. The summed E-state index contributed by atoms with van der Waals surface area (Å²) in [4.78, 5) is 8.64. The number of aromatic nitrogens is 2. The van der Waals surface area contributed by atoms with Crippen molar-refractivity contribution in [3.8, 4) is 0 Å². The molecule has 0 aliphatic heterocycles. The van der Waals surface area contributed by atoms with Gasteiger partial charge in [0.15, 0.2) is 4.34 Å². The molecule has 84 valence electrons. The van der Waals surface area contributed by atoms with Crippen LogP contribution in [0, 0.1) is 6.92 Å². The Morgan fingerprint density at radius 2 is 2.31 bits per heavy atom. The molecule has 0 saturated carbocycles. The van der Waals surface area contributed by atoms with E-state index in [9.17, 15) is 5.11 Å². The van der Waals surface area contributed by atoms with Gasteiger partial charge < -0.3 is 5.11 Å². The molecule has 0 aliphatic carbocycles. The number of rotatable bonds is 3. The van der Waals surface area contributed by atoms with Crippen molar-refractivity contribution in [3.05, 3.63) is 35.0 Å². The van der Waals surface area contributed by atoms with Gasteiger partial charge in [0.1, 0.15) is 5.03 Å². The van der Waals surface area contributed by atoms with E-state index in [2.05, 4.69) is 9.97 Å². The summed E-state index contributed by atoms with van der Waals surface area (Å²) in [5, 5.41) is 12.5. The van der Waals surface area contributed by atoms with Crippen molar-refractivity contribution < 1.29 is 5.11 Å². The molecule has 2 aromatic heterocycles. The van der Waals surface area contributed by atoms with Crippen LogP contribution < -0.4 is 0 Å². The quantitative estimate of drug-likeness (QED) is 0.912. The highest BCUT2D eigenvalue weighted by atomic mass is 32.2. The fraction of sp³-hybridized carbons (Fsp3) is 0.273. The third-order valence-corrected chi connectivity index (χ3v) is 4.12. The number of aliphatic hydroxyl groups is 1. The number of thiazole rings is 1. The second-order valence-electron chi connectivity index (χ2n) is 3.43. The average Bonchev–Trinajstić information content (AvgIpc) is 2.64. The van der Waals surface area contributed by atoms with E-state index in [1.165, 1.54) is 11.8 Å². The van der Waals surface area contributed by atoms with E-state index in [0.29, 0.717) is 0 Å². The van der Waals surface area contributed by atoms with E-state index in [1.807, 2.05) is 24.4 Å². The van der Waals surface area contributed by atoms with Crippen LogP contribution in [0.2, 0.25) is 0 Å². The fourth-order valence-corrected chi connectivity index (χ4v) is 3.19. The van der Waals surface area contributed by atoms with Gasteiger partial charge in [-0.2, -0.15) is 0 Å². The topological polar surface area (TPSA) is 46.0 Å². The van der Waals surface area contributed by atoms with Gasteiger partial charge in [0, 0.05) is 22.8 Å². The maximum absolute atomic E-state index is 9.62. The molecule has 2 heterocycles. The summed E-state index contributed by atoms with van der Waals surface area (Å²) in [5.74, 6) is 0. The molecular formula is C11H12N2OS2. The molecule has 1 atom stereocenters. The Morgan fingerprint density at radius 1 is 1.50 bits per heavy atom. The Balaban J connectivity index is 2.27. The third kappa shape index (κ3) is 2.61. The first-order chi connectivity index (χ1) is 7.66. The summed E-state index contributed by atoms with van der Waals surface area (Å²) < 4.78 is 0.957. The second-order valence-corrected chi connectivity index (χ2v) is 5.52. The molecule has 0 radical (unpaired) electrons. The van der Waals surface area contributed by atoms with Crippen LogP contribution in [0.1, 0.15) is 24.3 Å². The summed E-state index contributed by atoms with van der Waals surface area (Å²) in [6.45, 7) is 3.71. The van der Waals surface area contributed by atoms with Gasteiger partial charge in [-0.1, -0.05) is 6.07 Å². The van der Waals surface area contributed by atoms with E-state index >= 15 is 0 Å². The lowest BCUT2D eigenvalue weighted by Gasteiger charge is -2.08. The minimum absolute atomic E-state index is 0.503. The molecule has 0 amide bonds. The third-order valence-electron chi connectivity index (χ3n) is 2.03. The number of pyridine rings is 1. The molecule has 2 aromatic rings. The lowest BCUT2D eigenvalue weighted by atomic mass is 10.2. The number of nitrogens with zero attached hydrogens (tertiary/aromatic N) is 2. The lowest BCUT2D eigenvalue weighted by molar-refractivity contribution is 0.195. The molecule has 0 fully saturated rings. The van der Waals surface area contributed by atoms with Crippen molar-refractivity contribution >= 4 is 23.1 Å².